The summed E-state index contributed by atoms with van der Waals surface area (Å²) >= 11 is 3.32. The van der Waals surface area contributed by atoms with Gasteiger partial charge in [0.2, 0.25) is 9.84 Å². The van der Waals surface area contributed by atoms with Crippen molar-refractivity contribution in [3.63, 3.8) is 0 Å². The molecule has 0 amide bonds. The molecule has 0 aliphatic carbocycles. The van der Waals surface area contributed by atoms with Crippen LogP contribution in [-0.2, 0) is 9.84 Å². The van der Waals surface area contributed by atoms with Gasteiger partial charge in [0.05, 0.1) is 9.80 Å². The summed E-state index contributed by atoms with van der Waals surface area (Å²) in [6.07, 6.45) is 1.71. The van der Waals surface area contributed by atoms with Gasteiger partial charge in [-0.15, -0.1) is 0 Å². The molecule has 3 nitrogen and oxygen atoms in total. The average Bonchev–Trinajstić information content (AvgIpc) is 2.39. The number of benzene rings is 1. The highest BCUT2D eigenvalue weighted by molar-refractivity contribution is 9.10. The van der Waals surface area contributed by atoms with Gasteiger partial charge in [0.15, 0.2) is 0 Å². The summed E-state index contributed by atoms with van der Waals surface area (Å²) in [5.41, 5.74) is 0.759. The Morgan fingerprint density at radius 2 is 2.13 bits per heavy atom. The minimum absolute atomic E-state index is 0.370. The molecule has 0 saturated carbocycles. The molecule has 0 radical (unpaired) electrons. The number of hydrogen-bond donors (Lipinski definition) is 1. The van der Waals surface area contributed by atoms with Crippen molar-refractivity contribution >= 4 is 31.8 Å². The van der Waals surface area contributed by atoms with E-state index < -0.39 is 9.84 Å². The van der Waals surface area contributed by atoms with E-state index in [-0.39, 0.29) is 0 Å². The predicted molar refractivity (Wildman–Crippen MR) is 63.2 cm³/mol. The Kier molecular flexibility index (Phi) is 2.70. The largest absolute Gasteiger partial charge is 0.315 e. The van der Waals surface area contributed by atoms with Crippen LogP contribution in [0.3, 0.4) is 0 Å². The molecular weight excluding hydrogens is 278 g/mol. The molecule has 0 aromatic heterocycles. The van der Waals surface area contributed by atoms with E-state index in [1.54, 1.807) is 25.3 Å². The molecule has 1 aliphatic rings. The van der Waals surface area contributed by atoms with Gasteiger partial charge in [-0.2, -0.15) is 0 Å². The van der Waals surface area contributed by atoms with Gasteiger partial charge in [-0.1, -0.05) is 15.9 Å². The summed E-state index contributed by atoms with van der Waals surface area (Å²) in [5, 5.41) is 2.86. The third-order valence-electron chi connectivity index (χ3n) is 2.27. The van der Waals surface area contributed by atoms with Crippen LogP contribution in [0.1, 0.15) is 5.56 Å². The maximum absolute atomic E-state index is 12.0. The van der Waals surface area contributed by atoms with Gasteiger partial charge < -0.3 is 5.32 Å². The van der Waals surface area contributed by atoms with Crippen LogP contribution in [0.4, 0.5) is 0 Å². The molecule has 0 unspecified atom stereocenters. The number of likely N-dealkylation sites (N-methyl/N-ethyl adjacent to an activating group) is 1. The second-order valence-electron chi connectivity index (χ2n) is 3.33. The van der Waals surface area contributed by atoms with Gasteiger partial charge in [0, 0.05) is 11.0 Å². The van der Waals surface area contributed by atoms with Crippen molar-refractivity contribution in [1.82, 2.24) is 5.32 Å². The average molecular weight is 288 g/mol. The molecule has 2 rings (SSSR count). The third kappa shape index (κ3) is 1.75. The first kappa shape index (κ1) is 10.9. The van der Waals surface area contributed by atoms with Crippen molar-refractivity contribution in [3.05, 3.63) is 33.1 Å². The fraction of sp³-hybridized carbons (Fsp3) is 0.200. The lowest BCUT2D eigenvalue weighted by Gasteiger charge is -2.02. The molecule has 1 aromatic rings. The molecule has 1 aliphatic heterocycles. The lowest BCUT2D eigenvalue weighted by molar-refractivity contribution is 0.601. The molecule has 0 fully saturated rings. The van der Waals surface area contributed by atoms with Crippen LogP contribution >= 0.6 is 15.9 Å². The van der Waals surface area contributed by atoms with Crippen LogP contribution in [0.25, 0.3) is 6.08 Å². The molecule has 1 N–H and O–H groups in total. The SMILES string of the molecule is CNCC1=Cc2cc(Br)ccc2S1(=O)=O. The van der Waals surface area contributed by atoms with Gasteiger partial charge in [-0.3, -0.25) is 0 Å². The topological polar surface area (TPSA) is 46.2 Å². The first-order chi connectivity index (χ1) is 7.05. The number of nitrogens with one attached hydrogen (secondary N) is 1. The molecule has 1 aromatic carbocycles. The number of rotatable bonds is 2. The first-order valence-electron chi connectivity index (χ1n) is 4.45. The Morgan fingerprint density at radius 3 is 2.80 bits per heavy atom. The number of sulfone groups is 1. The lowest BCUT2D eigenvalue weighted by Crippen LogP contribution is -2.14. The normalized spacial score (nSPS) is 17.3. The maximum atomic E-state index is 12.0. The Bertz CT molecular complexity index is 534. The molecule has 15 heavy (non-hydrogen) atoms. The summed E-state index contributed by atoms with van der Waals surface area (Å²) in [6.45, 7) is 0.370. The van der Waals surface area contributed by atoms with E-state index >= 15 is 0 Å². The third-order valence-corrected chi connectivity index (χ3v) is 4.67. The van der Waals surface area contributed by atoms with E-state index in [0.717, 1.165) is 10.0 Å². The van der Waals surface area contributed by atoms with Crippen molar-refractivity contribution < 1.29 is 8.42 Å². The van der Waals surface area contributed by atoms with Crippen LogP contribution in [0.5, 0.6) is 0 Å². The van der Waals surface area contributed by atoms with Gasteiger partial charge in [-0.25, -0.2) is 8.42 Å². The standard InChI is InChI=1S/C10H10BrNO2S/c1-12-6-9-5-7-4-8(11)2-3-10(7)15(9,13)14/h2-5,12H,6H2,1H3. The number of halogens is 1. The second kappa shape index (κ2) is 3.73. The predicted octanol–water partition coefficient (Wildman–Crippen LogP) is 1.80. The zero-order chi connectivity index (χ0) is 11.1. The molecule has 0 bridgehead atoms. The van der Waals surface area contributed by atoms with E-state index in [0.29, 0.717) is 16.3 Å². The van der Waals surface area contributed by atoms with Crippen molar-refractivity contribution in [2.45, 2.75) is 4.90 Å². The number of hydrogen-bond acceptors (Lipinski definition) is 3. The van der Waals surface area contributed by atoms with E-state index in [2.05, 4.69) is 21.2 Å². The fourth-order valence-corrected chi connectivity index (χ4v) is 3.54. The van der Waals surface area contributed by atoms with Crippen LogP contribution in [0.15, 0.2) is 32.5 Å². The van der Waals surface area contributed by atoms with Crippen molar-refractivity contribution in [1.29, 1.82) is 0 Å². The lowest BCUT2D eigenvalue weighted by atomic mass is 10.2. The maximum Gasteiger partial charge on any atom is 0.204 e. The first-order valence-corrected chi connectivity index (χ1v) is 6.73. The quantitative estimate of drug-likeness (QED) is 0.902. The summed E-state index contributed by atoms with van der Waals surface area (Å²) in [6, 6.07) is 5.19. The van der Waals surface area contributed by atoms with Gasteiger partial charge in [0.1, 0.15) is 0 Å². The highest BCUT2D eigenvalue weighted by Gasteiger charge is 2.28. The Labute approximate surface area is 97.2 Å². The van der Waals surface area contributed by atoms with Crippen LogP contribution in [-0.4, -0.2) is 22.0 Å². The summed E-state index contributed by atoms with van der Waals surface area (Å²) in [7, 11) is -1.52. The summed E-state index contributed by atoms with van der Waals surface area (Å²) in [5.74, 6) is 0. The highest BCUT2D eigenvalue weighted by atomic mass is 79.9. The second-order valence-corrected chi connectivity index (χ2v) is 6.21. The molecular formula is C10H10BrNO2S. The molecule has 5 heteroatoms. The van der Waals surface area contributed by atoms with E-state index in [9.17, 15) is 8.42 Å². The van der Waals surface area contributed by atoms with Gasteiger partial charge in [0.25, 0.3) is 0 Å². The van der Waals surface area contributed by atoms with Gasteiger partial charge in [-0.05, 0) is 36.9 Å². The zero-order valence-electron chi connectivity index (χ0n) is 8.12. The number of fused-ring (bicyclic) bond motifs is 1. The van der Waals surface area contributed by atoms with Crippen molar-refractivity contribution in [2.24, 2.45) is 0 Å². The van der Waals surface area contributed by atoms with Crippen LogP contribution in [0, 0.1) is 0 Å². The van der Waals surface area contributed by atoms with Gasteiger partial charge >= 0.3 is 0 Å². The van der Waals surface area contributed by atoms with Crippen LogP contribution in [0.2, 0.25) is 0 Å². The minimum atomic E-state index is -3.25. The van der Waals surface area contributed by atoms with E-state index in [1.807, 2.05) is 6.07 Å². The summed E-state index contributed by atoms with van der Waals surface area (Å²) in [4.78, 5) is 0.828. The minimum Gasteiger partial charge on any atom is -0.315 e. The molecule has 0 atom stereocenters. The monoisotopic (exact) mass is 287 g/mol. The molecule has 1 heterocycles. The van der Waals surface area contributed by atoms with Crippen molar-refractivity contribution in [2.75, 3.05) is 13.6 Å². The summed E-state index contributed by atoms with van der Waals surface area (Å²) < 4.78 is 24.8. The Balaban J connectivity index is 2.58. The highest BCUT2D eigenvalue weighted by Crippen LogP contribution is 2.33. The fourth-order valence-electron chi connectivity index (χ4n) is 1.59. The molecule has 0 spiro atoms. The molecule has 0 saturated heterocycles. The zero-order valence-corrected chi connectivity index (χ0v) is 10.5. The van der Waals surface area contributed by atoms with Crippen molar-refractivity contribution in [3.8, 4) is 0 Å². The molecule has 80 valence electrons. The van der Waals surface area contributed by atoms with E-state index in [4.69, 9.17) is 0 Å². The smallest absolute Gasteiger partial charge is 0.204 e. The van der Waals surface area contributed by atoms with E-state index in [1.165, 1.54) is 0 Å². The Hall–Kier alpha value is -0.650. The van der Waals surface area contributed by atoms with Crippen LogP contribution < -0.4 is 5.32 Å². The Morgan fingerprint density at radius 1 is 1.40 bits per heavy atom.